The van der Waals surface area contributed by atoms with Crippen LogP contribution in [0.3, 0.4) is 0 Å². The molecule has 0 aromatic heterocycles. The van der Waals surface area contributed by atoms with E-state index in [0.717, 1.165) is 6.42 Å². The van der Waals surface area contributed by atoms with Gasteiger partial charge in [-0.05, 0) is 43.7 Å². The van der Waals surface area contributed by atoms with Crippen LogP contribution in [-0.2, 0) is 0 Å². The highest BCUT2D eigenvalue weighted by Crippen LogP contribution is 2.42. The molecule has 98 valence electrons. The Bertz CT molecular complexity index is 434. The molecule has 1 saturated heterocycles. The van der Waals surface area contributed by atoms with Crippen LogP contribution in [0.5, 0.6) is 0 Å². The minimum absolute atomic E-state index is 0.269. The zero-order valence-corrected chi connectivity index (χ0v) is 11.7. The third-order valence-electron chi connectivity index (χ3n) is 4.63. The number of nitrogens with one attached hydrogen (secondary N) is 2. The number of benzene rings is 1. The Morgan fingerprint density at radius 2 is 1.94 bits per heavy atom. The highest BCUT2D eigenvalue weighted by molar-refractivity contribution is 6.21. The third kappa shape index (κ3) is 2.07. The van der Waals surface area contributed by atoms with Gasteiger partial charge >= 0.3 is 0 Å². The number of hydrogen-bond acceptors (Lipinski definition) is 2. The van der Waals surface area contributed by atoms with Gasteiger partial charge in [0, 0.05) is 23.4 Å². The van der Waals surface area contributed by atoms with Crippen LogP contribution >= 0.6 is 11.6 Å². The van der Waals surface area contributed by atoms with E-state index in [-0.39, 0.29) is 5.38 Å². The lowest BCUT2D eigenvalue weighted by Crippen LogP contribution is -2.40. The summed E-state index contributed by atoms with van der Waals surface area (Å²) >= 11 is 6.63. The summed E-state index contributed by atoms with van der Waals surface area (Å²) in [6, 6.07) is 9.71. The minimum Gasteiger partial charge on any atom is -0.254 e. The first-order valence-corrected chi connectivity index (χ1v) is 7.31. The Labute approximate surface area is 114 Å². The number of hydrogen-bond donors (Lipinski definition) is 2. The van der Waals surface area contributed by atoms with E-state index in [2.05, 4.69) is 49.0 Å². The van der Waals surface area contributed by atoms with E-state index in [4.69, 9.17) is 11.6 Å². The highest BCUT2D eigenvalue weighted by atomic mass is 35.5. The van der Waals surface area contributed by atoms with Crippen LogP contribution in [0.15, 0.2) is 24.3 Å². The molecule has 2 aliphatic rings. The molecule has 1 aliphatic heterocycles. The number of hydrazine groups is 1. The van der Waals surface area contributed by atoms with Gasteiger partial charge in [-0.15, -0.1) is 11.6 Å². The standard InChI is InChI=1S/C15H21ClN2/c1-9-5-3-4-6-12(9)11-7-13(16)15-10(2)17-18-14(15)8-11/h3-6,10-11,13-15,17-18H,7-8H2,1-2H3. The lowest BCUT2D eigenvalue weighted by atomic mass is 9.73. The summed E-state index contributed by atoms with van der Waals surface area (Å²) in [5.41, 5.74) is 9.63. The van der Waals surface area contributed by atoms with Crippen LogP contribution in [0.4, 0.5) is 0 Å². The molecular weight excluding hydrogens is 244 g/mol. The van der Waals surface area contributed by atoms with E-state index in [1.165, 1.54) is 17.5 Å². The minimum atomic E-state index is 0.269. The van der Waals surface area contributed by atoms with Gasteiger partial charge in [0.2, 0.25) is 0 Å². The molecule has 0 spiro atoms. The average Bonchev–Trinajstić information content (AvgIpc) is 2.72. The molecule has 1 heterocycles. The first-order chi connectivity index (χ1) is 8.66. The van der Waals surface area contributed by atoms with Crippen molar-refractivity contribution in [2.75, 3.05) is 0 Å². The topological polar surface area (TPSA) is 24.1 Å². The van der Waals surface area contributed by atoms with E-state index >= 15 is 0 Å². The molecule has 3 rings (SSSR count). The van der Waals surface area contributed by atoms with Crippen molar-refractivity contribution in [1.82, 2.24) is 10.9 Å². The third-order valence-corrected chi connectivity index (χ3v) is 5.10. The Morgan fingerprint density at radius 3 is 2.72 bits per heavy atom. The van der Waals surface area contributed by atoms with E-state index in [0.29, 0.717) is 23.9 Å². The van der Waals surface area contributed by atoms with Crippen molar-refractivity contribution in [2.45, 2.75) is 50.1 Å². The normalized spacial score (nSPS) is 39.6. The van der Waals surface area contributed by atoms with Gasteiger partial charge in [-0.2, -0.15) is 0 Å². The lowest BCUT2D eigenvalue weighted by Gasteiger charge is -2.36. The Balaban J connectivity index is 1.83. The summed E-state index contributed by atoms with van der Waals surface area (Å²) in [7, 11) is 0. The smallest absolute Gasteiger partial charge is 0.0400 e. The number of fused-ring (bicyclic) bond motifs is 1. The molecule has 1 aromatic rings. The van der Waals surface area contributed by atoms with E-state index in [1.807, 2.05) is 0 Å². The summed E-state index contributed by atoms with van der Waals surface area (Å²) in [4.78, 5) is 0. The Hall–Kier alpha value is -0.570. The predicted octanol–water partition coefficient (Wildman–Crippen LogP) is 2.96. The van der Waals surface area contributed by atoms with Gasteiger partial charge in [0.1, 0.15) is 0 Å². The molecule has 1 aliphatic carbocycles. The van der Waals surface area contributed by atoms with Crippen molar-refractivity contribution in [3.05, 3.63) is 35.4 Å². The largest absolute Gasteiger partial charge is 0.254 e. The second-order valence-electron chi connectivity index (χ2n) is 5.80. The molecule has 1 aromatic carbocycles. The van der Waals surface area contributed by atoms with Gasteiger partial charge in [0.25, 0.3) is 0 Å². The maximum absolute atomic E-state index is 6.63. The van der Waals surface area contributed by atoms with E-state index in [1.54, 1.807) is 0 Å². The van der Waals surface area contributed by atoms with E-state index < -0.39 is 0 Å². The van der Waals surface area contributed by atoms with Gasteiger partial charge in [0.05, 0.1) is 0 Å². The first-order valence-electron chi connectivity index (χ1n) is 6.87. The Kier molecular flexibility index (Phi) is 3.35. The number of alkyl halides is 1. The maximum atomic E-state index is 6.63. The Morgan fingerprint density at radius 1 is 1.17 bits per heavy atom. The highest BCUT2D eigenvalue weighted by Gasteiger charge is 2.43. The average molecular weight is 265 g/mol. The zero-order valence-electron chi connectivity index (χ0n) is 11.0. The van der Waals surface area contributed by atoms with Gasteiger partial charge in [0.15, 0.2) is 0 Å². The van der Waals surface area contributed by atoms with Crippen molar-refractivity contribution in [2.24, 2.45) is 5.92 Å². The molecule has 2 fully saturated rings. The summed E-state index contributed by atoms with van der Waals surface area (Å²) in [6.45, 7) is 4.43. The van der Waals surface area contributed by atoms with Crippen molar-refractivity contribution < 1.29 is 0 Å². The van der Waals surface area contributed by atoms with Crippen LogP contribution in [0, 0.1) is 12.8 Å². The molecule has 1 saturated carbocycles. The van der Waals surface area contributed by atoms with Gasteiger partial charge in [-0.3, -0.25) is 10.9 Å². The molecule has 5 unspecified atom stereocenters. The number of halogens is 1. The quantitative estimate of drug-likeness (QED) is 0.762. The molecular formula is C15H21ClN2. The van der Waals surface area contributed by atoms with Crippen molar-refractivity contribution >= 4 is 11.6 Å². The molecule has 5 atom stereocenters. The molecule has 3 heteroatoms. The van der Waals surface area contributed by atoms with E-state index in [9.17, 15) is 0 Å². The molecule has 2 N–H and O–H groups in total. The van der Waals surface area contributed by atoms with Crippen molar-refractivity contribution in [3.63, 3.8) is 0 Å². The fourth-order valence-electron chi connectivity index (χ4n) is 3.69. The van der Waals surface area contributed by atoms with Gasteiger partial charge < -0.3 is 0 Å². The number of aryl methyl sites for hydroxylation is 1. The second-order valence-corrected chi connectivity index (χ2v) is 6.36. The summed E-state index contributed by atoms with van der Waals surface area (Å²) in [5, 5.41) is 0.269. The van der Waals surface area contributed by atoms with Crippen LogP contribution in [0.1, 0.15) is 36.8 Å². The van der Waals surface area contributed by atoms with Crippen molar-refractivity contribution in [3.8, 4) is 0 Å². The molecule has 0 amide bonds. The monoisotopic (exact) mass is 264 g/mol. The summed E-state index contributed by atoms with van der Waals surface area (Å²) in [6.07, 6.45) is 2.29. The molecule has 0 bridgehead atoms. The SMILES string of the molecule is Cc1ccccc1C1CC(Cl)C2C(C)NNC2C1. The van der Waals surface area contributed by atoms with Crippen molar-refractivity contribution in [1.29, 1.82) is 0 Å². The maximum Gasteiger partial charge on any atom is 0.0400 e. The first kappa shape index (κ1) is 12.5. The molecule has 0 radical (unpaired) electrons. The fourth-order valence-corrected chi connectivity index (χ4v) is 4.30. The molecule has 2 nitrogen and oxygen atoms in total. The van der Waals surface area contributed by atoms with Gasteiger partial charge in [-0.1, -0.05) is 24.3 Å². The lowest BCUT2D eigenvalue weighted by molar-refractivity contribution is 0.290. The summed E-state index contributed by atoms with van der Waals surface area (Å²) < 4.78 is 0. The molecule has 18 heavy (non-hydrogen) atoms. The van der Waals surface area contributed by atoms with Crippen LogP contribution < -0.4 is 10.9 Å². The number of rotatable bonds is 1. The summed E-state index contributed by atoms with van der Waals surface area (Å²) in [5.74, 6) is 1.15. The van der Waals surface area contributed by atoms with Crippen LogP contribution in [0.2, 0.25) is 0 Å². The van der Waals surface area contributed by atoms with Crippen LogP contribution in [0.25, 0.3) is 0 Å². The predicted molar refractivity (Wildman–Crippen MR) is 75.8 cm³/mol. The zero-order chi connectivity index (χ0) is 12.7. The fraction of sp³-hybridized carbons (Fsp3) is 0.600. The van der Waals surface area contributed by atoms with Crippen LogP contribution in [-0.4, -0.2) is 17.5 Å². The van der Waals surface area contributed by atoms with Gasteiger partial charge in [-0.25, -0.2) is 0 Å². The second kappa shape index (κ2) is 4.84.